The van der Waals surface area contributed by atoms with Crippen molar-refractivity contribution in [2.24, 2.45) is 0 Å². The van der Waals surface area contributed by atoms with E-state index in [2.05, 4.69) is 5.32 Å². The number of rotatable bonds is 7. The van der Waals surface area contributed by atoms with Gasteiger partial charge in [-0.05, 0) is 31.5 Å². The summed E-state index contributed by atoms with van der Waals surface area (Å²) in [5, 5.41) is 2.31. The Balaban J connectivity index is 1.81. The number of hydrogen-bond acceptors (Lipinski definition) is 5. The van der Waals surface area contributed by atoms with E-state index in [1.807, 2.05) is 0 Å². The third-order valence-corrected chi connectivity index (χ3v) is 4.84. The minimum atomic E-state index is -1.87. The molecule has 7 nitrogen and oxygen atoms in total. The van der Waals surface area contributed by atoms with Crippen molar-refractivity contribution in [3.8, 4) is 0 Å². The van der Waals surface area contributed by atoms with Crippen LogP contribution in [0.5, 0.6) is 0 Å². The van der Waals surface area contributed by atoms with Crippen molar-refractivity contribution in [1.29, 1.82) is 0 Å². The lowest BCUT2D eigenvalue weighted by Crippen LogP contribution is -2.53. The van der Waals surface area contributed by atoms with Gasteiger partial charge in [0.05, 0.1) is 17.7 Å². The van der Waals surface area contributed by atoms with Gasteiger partial charge in [0.15, 0.2) is 12.2 Å². The largest absolute Gasteiger partial charge is 0.464 e. The van der Waals surface area contributed by atoms with Crippen molar-refractivity contribution in [2.45, 2.75) is 32.1 Å². The Morgan fingerprint density at radius 1 is 1.00 bits per heavy atom. The monoisotopic (exact) mass is 412 g/mol. The molecule has 1 heterocycles. The highest BCUT2D eigenvalue weighted by atomic mass is 19.1. The zero-order chi connectivity index (χ0) is 21.8. The molecule has 2 aromatic carbocycles. The average molecular weight is 412 g/mol. The maximum absolute atomic E-state index is 15.1. The first-order chi connectivity index (χ1) is 14.4. The van der Waals surface area contributed by atoms with Crippen molar-refractivity contribution >= 4 is 23.7 Å². The molecule has 0 bridgehead atoms. The number of alkyl halides is 1. The lowest BCUT2D eigenvalue weighted by molar-refractivity contribution is -0.149. The zero-order valence-electron chi connectivity index (χ0n) is 16.5. The van der Waals surface area contributed by atoms with E-state index in [1.54, 1.807) is 37.3 Å². The van der Waals surface area contributed by atoms with Crippen LogP contribution in [0.3, 0.4) is 0 Å². The van der Waals surface area contributed by atoms with Crippen molar-refractivity contribution in [3.63, 3.8) is 0 Å². The molecule has 0 aromatic heterocycles. The molecule has 3 atom stereocenters. The number of fused-ring (bicyclic) bond motifs is 1. The van der Waals surface area contributed by atoms with Crippen molar-refractivity contribution in [2.75, 3.05) is 6.61 Å². The van der Waals surface area contributed by atoms with E-state index in [1.165, 1.54) is 31.2 Å². The van der Waals surface area contributed by atoms with E-state index in [-0.39, 0.29) is 23.3 Å². The molecule has 0 fully saturated rings. The normalized spacial score (nSPS) is 15.9. The fourth-order valence-corrected chi connectivity index (χ4v) is 3.26. The van der Waals surface area contributed by atoms with E-state index in [0.29, 0.717) is 0 Å². The Morgan fingerprint density at radius 3 is 2.07 bits per heavy atom. The number of nitrogens with one attached hydrogen (secondary N) is 1. The number of halogens is 1. The molecule has 1 aliphatic rings. The molecule has 0 spiro atoms. The highest BCUT2D eigenvalue weighted by Gasteiger charge is 2.42. The van der Waals surface area contributed by atoms with Gasteiger partial charge in [0.25, 0.3) is 11.8 Å². The molecule has 0 radical (unpaired) electrons. The summed E-state index contributed by atoms with van der Waals surface area (Å²) in [6.07, 6.45) is -1.87. The van der Waals surface area contributed by atoms with Gasteiger partial charge in [-0.3, -0.25) is 19.3 Å². The third-order valence-electron chi connectivity index (χ3n) is 4.84. The first-order valence-corrected chi connectivity index (χ1v) is 9.49. The van der Waals surface area contributed by atoms with E-state index in [9.17, 15) is 19.2 Å². The molecule has 0 saturated carbocycles. The highest BCUT2D eigenvalue weighted by molar-refractivity contribution is 6.22. The van der Waals surface area contributed by atoms with Crippen LogP contribution in [0.1, 0.15) is 46.3 Å². The van der Waals surface area contributed by atoms with Crippen LogP contribution in [-0.4, -0.2) is 47.3 Å². The number of amides is 3. The van der Waals surface area contributed by atoms with Crippen molar-refractivity contribution < 1.29 is 28.3 Å². The minimum absolute atomic E-state index is 0.000668. The van der Waals surface area contributed by atoms with Gasteiger partial charge < -0.3 is 10.1 Å². The number of ether oxygens (including phenoxy) is 1. The van der Waals surface area contributed by atoms with Crippen LogP contribution >= 0.6 is 0 Å². The van der Waals surface area contributed by atoms with Crippen LogP contribution < -0.4 is 5.32 Å². The number of esters is 1. The first-order valence-electron chi connectivity index (χ1n) is 9.49. The first kappa shape index (κ1) is 21.2. The molecule has 2 aromatic rings. The molecular formula is C22H21FN2O5. The van der Waals surface area contributed by atoms with Gasteiger partial charge in [-0.15, -0.1) is 0 Å². The summed E-state index contributed by atoms with van der Waals surface area (Å²) in [5.41, 5.74) is 0.567. The van der Waals surface area contributed by atoms with E-state index in [0.717, 1.165) is 4.90 Å². The molecule has 3 amide bonds. The van der Waals surface area contributed by atoms with Crippen LogP contribution in [0.15, 0.2) is 54.6 Å². The molecule has 1 N–H and O–H groups in total. The smallest absolute Gasteiger partial charge is 0.332 e. The Bertz CT molecular complexity index is 944. The summed E-state index contributed by atoms with van der Waals surface area (Å²) in [6.45, 7) is 2.91. The van der Waals surface area contributed by atoms with Crippen LogP contribution in [0.25, 0.3) is 0 Å². The molecule has 0 saturated heterocycles. The quantitative estimate of drug-likeness (QED) is 0.557. The lowest BCUT2D eigenvalue weighted by Gasteiger charge is -2.26. The number of carbonyl (C=O) groups excluding carboxylic acids is 4. The number of hydrogen-bond donors (Lipinski definition) is 1. The van der Waals surface area contributed by atoms with E-state index >= 15 is 4.39 Å². The van der Waals surface area contributed by atoms with Crippen LogP contribution in [0.2, 0.25) is 0 Å². The minimum Gasteiger partial charge on any atom is -0.464 e. The fraction of sp³-hybridized carbons (Fsp3) is 0.273. The zero-order valence-corrected chi connectivity index (χ0v) is 16.5. The summed E-state index contributed by atoms with van der Waals surface area (Å²) in [5.74, 6) is -3.03. The molecule has 30 heavy (non-hydrogen) atoms. The van der Waals surface area contributed by atoms with Gasteiger partial charge in [0.1, 0.15) is 6.04 Å². The Hall–Kier alpha value is -3.55. The van der Waals surface area contributed by atoms with E-state index in [4.69, 9.17) is 4.74 Å². The van der Waals surface area contributed by atoms with Gasteiger partial charge in [-0.2, -0.15) is 0 Å². The molecule has 2 unspecified atom stereocenters. The van der Waals surface area contributed by atoms with Crippen LogP contribution in [0.4, 0.5) is 4.39 Å². The van der Waals surface area contributed by atoms with Crippen LogP contribution in [0, 0.1) is 0 Å². The summed E-state index contributed by atoms with van der Waals surface area (Å²) in [7, 11) is 0. The summed E-state index contributed by atoms with van der Waals surface area (Å²) in [6, 6.07) is 11.2. The lowest BCUT2D eigenvalue weighted by atomic mass is 10.0. The predicted molar refractivity (Wildman–Crippen MR) is 105 cm³/mol. The number of carbonyl (C=O) groups is 4. The second kappa shape index (κ2) is 8.86. The number of nitrogens with zero attached hydrogens (tertiary/aromatic N) is 1. The average Bonchev–Trinajstić information content (AvgIpc) is 3.02. The molecular weight excluding hydrogens is 391 g/mol. The third kappa shape index (κ3) is 3.94. The SMILES string of the molecule is CCOC(=O)[C@@H](NC(=O)C(C)N1C(=O)c2ccccc2C1=O)C(F)c1ccccc1. The van der Waals surface area contributed by atoms with Gasteiger partial charge in [-0.25, -0.2) is 9.18 Å². The van der Waals surface area contributed by atoms with E-state index < -0.39 is 41.9 Å². The maximum atomic E-state index is 15.1. The van der Waals surface area contributed by atoms with Crippen molar-refractivity contribution in [3.05, 3.63) is 71.3 Å². The van der Waals surface area contributed by atoms with Gasteiger partial charge >= 0.3 is 5.97 Å². The van der Waals surface area contributed by atoms with Gasteiger partial charge in [0, 0.05) is 0 Å². The number of imide groups is 1. The molecule has 1 aliphatic heterocycles. The Kier molecular flexibility index (Phi) is 6.25. The second-order valence-corrected chi connectivity index (χ2v) is 6.75. The van der Waals surface area contributed by atoms with Gasteiger partial charge in [0.2, 0.25) is 5.91 Å². The Morgan fingerprint density at radius 2 is 1.53 bits per heavy atom. The Labute approximate surface area is 172 Å². The summed E-state index contributed by atoms with van der Waals surface area (Å²) < 4.78 is 20.0. The summed E-state index contributed by atoms with van der Waals surface area (Å²) in [4.78, 5) is 51.1. The standard InChI is InChI=1S/C22H21FN2O5/c1-3-30-22(29)18(17(23)14-9-5-4-6-10-14)24-19(26)13(2)25-20(27)15-11-7-8-12-16(15)21(25)28/h4-13,17-18H,3H2,1-2H3,(H,24,26)/t13?,17?,18-/m0/s1. The number of benzene rings is 2. The van der Waals surface area contributed by atoms with Crippen LogP contribution in [-0.2, 0) is 14.3 Å². The molecule has 8 heteroatoms. The molecule has 3 rings (SSSR count). The maximum Gasteiger partial charge on any atom is 0.332 e. The topological polar surface area (TPSA) is 92.8 Å². The molecule has 0 aliphatic carbocycles. The van der Waals surface area contributed by atoms with Crippen molar-refractivity contribution in [1.82, 2.24) is 10.2 Å². The second-order valence-electron chi connectivity index (χ2n) is 6.75. The highest BCUT2D eigenvalue weighted by Crippen LogP contribution is 2.26. The fourth-order valence-electron chi connectivity index (χ4n) is 3.26. The predicted octanol–water partition coefficient (Wildman–Crippen LogP) is 2.43. The van der Waals surface area contributed by atoms with Gasteiger partial charge in [-0.1, -0.05) is 42.5 Å². The summed E-state index contributed by atoms with van der Waals surface area (Å²) >= 11 is 0. The molecule has 156 valence electrons.